The van der Waals surface area contributed by atoms with Crippen LogP contribution in [0.25, 0.3) is 0 Å². The average Bonchev–Trinajstić information content (AvgIpc) is 2.46. The molecule has 0 spiro atoms. The van der Waals surface area contributed by atoms with Crippen molar-refractivity contribution in [3.8, 4) is 5.75 Å². The number of rotatable bonds is 10. The van der Waals surface area contributed by atoms with Crippen LogP contribution in [0.5, 0.6) is 5.75 Å². The van der Waals surface area contributed by atoms with Gasteiger partial charge in [-0.15, -0.1) is 12.4 Å². The molecule has 0 heterocycles. The summed E-state index contributed by atoms with van der Waals surface area (Å²) in [5, 5.41) is 12.9. The van der Waals surface area contributed by atoms with E-state index < -0.39 is 6.10 Å². The molecule has 6 heteroatoms. The van der Waals surface area contributed by atoms with Crippen LogP contribution in [-0.4, -0.2) is 43.6 Å². The predicted molar refractivity (Wildman–Crippen MR) is 83.7 cm³/mol. The Hall–Kier alpha value is -0.880. The molecule has 2 N–H and O–H groups in total. The molecule has 0 bridgehead atoms. The lowest BCUT2D eigenvalue weighted by Crippen LogP contribution is -2.35. The first-order valence-electron chi connectivity index (χ1n) is 6.99. The zero-order valence-electron chi connectivity index (χ0n) is 12.5. The normalized spacial score (nSPS) is 13.3. The van der Waals surface area contributed by atoms with Gasteiger partial charge < -0.3 is 19.9 Å². The maximum absolute atomic E-state index is 12.7. The molecule has 0 amide bonds. The van der Waals surface area contributed by atoms with Crippen molar-refractivity contribution in [2.24, 2.45) is 0 Å². The van der Waals surface area contributed by atoms with Crippen molar-refractivity contribution >= 4 is 12.4 Å². The molecule has 1 rings (SSSR count). The number of benzene rings is 1. The van der Waals surface area contributed by atoms with Crippen molar-refractivity contribution in [1.82, 2.24) is 5.32 Å². The average molecular weight is 322 g/mol. The highest BCUT2D eigenvalue weighted by molar-refractivity contribution is 5.85. The quantitative estimate of drug-likeness (QED) is 0.650. The van der Waals surface area contributed by atoms with Gasteiger partial charge in [-0.3, -0.25) is 0 Å². The number of nitrogens with one attached hydrogen (secondary N) is 1. The van der Waals surface area contributed by atoms with Crippen molar-refractivity contribution < 1.29 is 19.0 Å². The zero-order chi connectivity index (χ0) is 14.8. The Labute approximate surface area is 132 Å². The summed E-state index contributed by atoms with van der Waals surface area (Å²) < 4.78 is 23.3. The van der Waals surface area contributed by atoms with Crippen LogP contribution in [0.3, 0.4) is 0 Å². The summed E-state index contributed by atoms with van der Waals surface area (Å²) in [4.78, 5) is 0. The van der Waals surface area contributed by atoms with Crippen molar-refractivity contribution in [2.45, 2.75) is 32.4 Å². The zero-order valence-corrected chi connectivity index (χ0v) is 13.4. The number of aliphatic hydroxyl groups is 1. The molecular formula is C15H25ClFNO3. The van der Waals surface area contributed by atoms with Gasteiger partial charge in [0.05, 0.1) is 19.3 Å². The highest BCUT2D eigenvalue weighted by Crippen LogP contribution is 2.10. The van der Waals surface area contributed by atoms with Crippen LogP contribution in [0, 0.1) is 5.82 Å². The highest BCUT2D eigenvalue weighted by Gasteiger charge is 2.06. The second-order valence-corrected chi connectivity index (χ2v) is 4.75. The summed E-state index contributed by atoms with van der Waals surface area (Å²) in [5.74, 6) is 0.319. The van der Waals surface area contributed by atoms with Crippen LogP contribution in [-0.2, 0) is 4.74 Å². The Bertz CT molecular complexity index is 364. The third kappa shape index (κ3) is 9.63. The van der Waals surface area contributed by atoms with Gasteiger partial charge in [-0.1, -0.05) is 6.92 Å². The molecule has 122 valence electrons. The number of hydrogen-bond acceptors (Lipinski definition) is 4. The van der Waals surface area contributed by atoms with Gasteiger partial charge in [-0.2, -0.15) is 0 Å². The van der Waals surface area contributed by atoms with E-state index in [2.05, 4.69) is 19.2 Å². The SMILES string of the molecule is CCC(C)NCC(O)COCCOc1ccc(F)cc1.Cl. The minimum Gasteiger partial charge on any atom is -0.491 e. The molecule has 0 saturated carbocycles. The van der Waals surface area contributed by atoms with Crippen LogP contribution in [0.1, 0.15) is 20.3 Å². The molecule has 0 aliphatic heterocycles. The molecule has 2 atom stereocenters. The predicted octanol–water partition coefficient (Wildman–Crippen LogP) is 2.39. The summed E-state index contributed by atoms with van der Waals surface area (Å²) in [6.45, 7) is 5.72. The van der Waals surface area contributed by atoms with E-state index in [0.29, 0.717) is 31.5 Å². The molecule has 0 saturated heterocycles. The van der Waals surface area contributed by atoms with Crippen molar-refractivity contribution in [3.05, 3.63) is 30.1 Å². The van der Waals surface area contributed by atoms with Crippen LogP contribution in [0.2, 0.25) is 0 Å². The molecule has 4 nitrogen and oxygen atoms in total. The van der Waals surface area contributed by atoms with E-state index in [-0.39, 0.29) is 24.8 Å². The first kappa shape index (κ1) is 20.1. The molecule has 1 aromatic carbocycles. The second-order valence-electron chi connectivity index (χ2n) is 4.75. The van der Waals surface area contributed by atoms with Crippen LogP contribution in [0.15, 0.2) is 24.3 Å². The monoisotopic (exact) mass is 321 g/mol. The minimum atomic E-state index is -0.519. The van der Waals surface area contributed by atoms with Gasteiger partial charge in [-0.05, 0) is 37.6 Å². The Balaban J connectivity index is 0.00000400. The fourth-order valence-corrected chi connectivity index (χ4v) is 1.51. The first-order valence-corrected chi connectivity index (χ1v) is 6.99. The van der Waals surface area contributed by atoms with E-state index in [1.54, 1.807) is 12.1 Å². The molecule has 1 aromatic rings. The lowest BCUT2D eigenvalue weighted by molar-refractivity contribution is 0.0241. The van der Waals surface area contributed by atoms with Gasteiger partial charge in [0.25, 0.3) is 0 Å². The summed E-state index contributed by atoms with van der Waals surface area (Å²) in [6.07, 6.45) is 0.508. The maximum atomic E-state index is 12.7. The Morgan fingerprint density at radius 2 is 1.90 bits per heavy atom. The molecule has 0 radical (unpaired) electrons. The lowest BCUT2D eigenvalue weighted by atomic mass is 10.2. The molecule has 0 aliphatic carbocycles. The van der Waals surface area contributed by atoms with Crippen molar-refractivity contribution in [1.29, 1.82) is 0 Å². The molecule has 2 unspecified atom stereocenters. The Morgan fingerprint density at radius 1 is 1.24 bits per heavy atom. The fourth-order valence-electron chi connectivity index (χ4n) is 1.51. The minimum absolute atomic E-state index is 0. The van der Waals surface area contributed by atoms with Crippen LogP contribution < -0.4 is 10.1 Å². The third-order valence-electron chi connectivity index (χ3n) is 2.93. The Kier molecular flexibility index (Phi) is 11.3. The molecule has 0 aromatic heterocycles. The largest absolute Gasteiger partial charge is 0.491 e. The van der Waals surface area contributed by atoms with Gasteiger partial charge in [0, 0.05) is 12.6 Å². The number of hydrogen-bond donors (Lipinski definition) is 2. The van der Waals surface area contributed by atoms with Gasteiger partial charge in [0.1, 0.15) is 18.2 Å². The van der Waals surface area contributed by atoms with Gasteiger partial charge >= 0.3 is 0 Å². The standard InChI is InChI=1S/C15H24FNO3.ClH/c1-3-12(2)17-10-14(18)11-19-8-9-20-15-6-4-13(16)5-7-15;/h4-7,12,14,17-18H,3,8-11H2,1-2H3;1H. The van der Waals surface area contributed by atoms with E-state index in [4.69, 9.17) is 9.47 Å². The summed E-state index contributed by atoms with van der Waals surface area (Å²) in [5.41, 5.74) is 0. The van der Waals surface area contributed by atoms with Gasteiger partial charge in [0.15, 0.2) is 0 Å². The molecular weight excluding hydrogens is 297 g/mol. The number of halogens is 2. The topological polar surface area (TPSA) is 50.7 Å². The van der Waals surface area contributed by atoms with E-state index in [9.17, 15) is 9.50 Å². The third-order valence-corrected chi connectivity index (χ3v) is 2.93. The summed E-state index contributed by atoms with van der Waals surface area (Å²) in [7, 11) is 0. The van der Waals surface area contributed by atoms with Crippen molar-refractivity contribution in [2.75, 3.05) is 26.4 Å². The molecule has 21 heavy (non-hydrogen) atoms. The van der Waals surface area contributed by atoms with Gasteiger partial charge in [-0.25, -0.2) is 4.39 Å². The smallest absolute Gasteiger partial charge is 0.123 e. The fraction of sp³-hybridized carbons (Fsp3) is 0.600. The van der Waals surface area contributed by atoms with E-state index in [1.165, 1.54) is 12.1 Å². The number of ether oxygens (including phenoxy) is 2. The first-order chi connectivity index (χ1) is 9.61. The van der Waals surface area contributed by atoms with Crippen LogP contribution >= 0.6 is 12.4 Å². The number of aliphatic hydroxyl groups excluding tert-OH is 1. The van der Waals surface area contributed by atoms with Crippen molar-refractivity contribution in [3.63, 3.8) is 0 Å². The summed E-state index contributed by atoms with van der Waals surface area (Å²) >= 11 is 0. The maximum Gasteiger partial charge on any atom is 0.123 e. The Morgan fingerprint density at radius 3 is 2.52 bits per heavy atom. The van der Waals surface area contributed by atoms with E-state index >= 15 is 0 Å². The summed E-state index contributed by atoms with van der Waals surface area (Å²) in [6, 6.07) is 6.23. The van der Waals surface area contributed by atoms with E-state index in [0.717, 1.165) is 6.42 Å². The second kappa shape index (κ2) is 11.7. The van der Waals surface area contributed by atoms with Gasteiger partial charge in [0.2, 0.25) is 0 Å². The molecule has 0 aliphatic rings. The van der Waals surface area contributed by atoms with E-state index in [1.807, 2.05) is 0 Å². The molecule has 0 fully saturated rings. The van der Waals surface area contributed by atoms with Crippen LogP contribution in [0.4, 0.5) is 4.39 Å². The lowest BCUT2D eigenvalue weighted by Gasteiger charge is -2.16. The highest BCUT2D eigenvalue weighted by atomic mass is 35.5.